The molecule has 11 heteroatoms. The molecule has 0 radical (unpaired) electrons. The molecular formula is C23H26N4O6S. The molecule has 3 aromatic rings. The molecule has 2 aromatic carbocycles. The summed E-state index contributed by atoms with van der Waals surface area (Å²) >= 11 is 0. The summed E-state index contributed by atoms with van der Waals surface area (Å²) in [5.41, 5.74) is 1.60. The van der Waals surface area contributed by atoms with Crippen LogP contribution in [0.5, 0.6) is 17.6 Å². The highest BCUT2D eigenvalue weighted by atomic mass is 32.2. The van der Waals surface area contributed by atoms with Gasteiger partial charge in [-0.05, 0) is 55.3 Å². The number of sulfonamides is 1. The average Bonchev–Trinajstić information content (AvgIpc) is 2.84. The summed E-state index contributed by atoms with van der Waals surface area (Å²) in [5.74, 6) is 0.345. The van der Waals surface area contributed by atoms with E-state index < -0.39 is 16.1 Å². The Balaban J connectivity index is 1.64. The normalized spacial score (nSPS) is 11.9. The Kier molecular flexibility index (Phi) is 7.90. The molecule has 2 N–H and O–H groups in total. The van der Waals surface area contributed by atoms with Crippen molar-refractivity contribution in [3.63, 3.8) is 0 Å². The Morgan fingerprint density at radius 1 is 1.00 bits per heavy atom. The van der Waals surface area contributed by atoms with Gasteiger partial charge in [-0.25, -0.2) is 8.42 Å². The maximum absolute atomic E-state index is 12.7. The van der Waals surface area contributed by atoms with Crippen LogP contribution in [0.3, 0.4) is 0 Å². The van der Waals surface area contributed by atoms with Gasteiger partial charge in [0.1, 0.15) is 5.75 Å². The fraction of sp³-hybridized carbons (Fsp3) is 0.261. The van der Waals surface area contributed by atoms with E-state index in [9.17, 15) is 13.2 Å². The van der Waals surface area contributed by atoms with E-state index in [0.717, 1.165) is 6.42 Å². The van der Waals surface area contributed by atoms with Crippen molar-refractivity contribution in [1.29, 1.82) is 0 Å². The summed E-state index contributed by atoms with van der Waals surface area (Å²) in [5, 5.41) is 2.71. The molecular weight excluding hydrogens is 460 g/mol. The number of carbonyl (C=O) groups is 1. The molecule has 0 bridgehead atoms. The predicted octanol–water partition coefficient (Wildman–Crippen LogP) is 3.26. The topological polar surface area (TPSA) is 129 Å². The standard InChI is InChI=1S/C23H26N4O6S/c1-5-16-6-10-18(11-7-16)33-15(2)22(28)24-17-8-12-19(13-9-17)34(29,30)27-20-14-21(31-3)26-23(25-20)32-4/h6-15H,5H2,1-4H3,(H,24,28)(H,25,26,27). The van der Waals surface area contributed by atoms with E-state index in [0.29, 0.717) is 11.4 Å². The number of nitrogens with zero attached hydrogens (tertiary/aromatic N) is 2. The lowest BCUT2D eigenvalue weighted by atomic mass is 10.2. The number of nitrogens with one attached hydrogen (secondary N) is 2. The monoisotopic (exact) mass is 486 g/mol. The second kappa shape index (κ2) is 10.8. The first kappa shape index (κ1) is 24.8. The first-order valence-electron chi connectivity index (χ1n) is 10.4. The van der Waals surface area contributed by atoms with E-state index in [1.807, 2.05) is 24.3 Å². The molecule has 0 saturated heterocycles. The van der Waals surface area contributed by atoms with Crippen molar-refractivity contribution in [2.24, 2.45) is 0 Å². The minimum Gasteiger partial charge on any atom is -0.481 e. The molecule has 0 saturated carbocycles. The van der Waals surface area contributed by atoms with Crippen molar-refractivity contribution in [1.82, 2.24) is 9.97 Å². The largest absolute Gasteiger partial charge is 0.481 e. The van der Waals surface area contributed by atoms with E-state index in [1.165, 1.54) is 50.1 Å². The van der Waals surface area contributed by atoms with Crippen molar-refractivity contribution in [3.8, 4) is 17.6 Å². The number of methoxy groups -OCH3 is 2. The van der Waals surface area contributed by atoms with Gasteiger partial charge in [0.2, 0.25) is 5.88 Å². The zero-order valence-corrected chi connectivity index (χ0v) is 20.0. The number of ether oxygens (including phenoxy) is 3. The van der Waals surface area contributed by atoms with Crippen LogP contribution in [-0.4, -0.2) is 44.6 Å². The van der Waals surface area contributed by atoms with E-state index in [-0.39, 0.29) is 28.5 Å². The minimum atomic E-state index is -3.96. The minimum absolute atomic E-state index is 0.0148. The van der Waals surface area contributed by atoms with Crippen molar-refractivity contribution >= 4 is 27.4 Å². The number of hydrogen-bond acceptors (Lipinski definition) is 8. The summed E-state index contributed by atoms with van der Waals surface area (Å²) in [7, 11) is -1.22. The highest BCUT2D eigenvalue weighted by Crippen LogP contribution is 2.22. The number of amides is 1. The van der Waals surface area contributed by atoms with Crippen molar-refractivity contribution < 1.29 is 27.4 Å². The molecule has 34 heavy (non-hydrogen) atoms. The van der Waals surface area contributed by atoms with Gasteiger partial charge in [-0.3, -0.25) is 9.52 Å². The molecule has 180 valence electrons. The fourth-order valence-corrected chi connectivity index (χ4v) is 3.86. The van der Waals surface area contributed by atoms with Gasteiger partial charge in [-0.1, -0.05) is 19.1 Å². The first-order valence-corrected chi connectivity index (χ1v) is 11.9. The maximum Gasteiger partial charge on any atom is 0.321 e. The summed E-state index contributed by atoms with van der Waals surface area (Å²) in [6.45, 7) is 3.69. The van der Waals surface area contributed by atoms with Crippen LogP contribution in [0, 0.1) is 0 Å². The molecule has 1 unspecified atom stereocenters. The maximum atomic E-state index is 12.7. The van der Waals surface area contributed by atoms with Crippen LogP contribution in [0.4, 0.5) is 11.5 Å². The molecule has 1 heterocycles. The number of carbonyl (C=O) groups excluding carboxylic acids is 1. The molecule has 0 aliphatic carbocycles. The summed E-state index contributed by atoms with van der Waals surface area (Å²) < 4.78 is 43.5. The van der Waals surface area contributed by atoms with Gasteiger partial charge in [0.25, 0.3) is 15.9 Å². The second-order valence-electron chi connectivity index (χ2n) is 7.16. The Labute approximate surface area is 198 Å². The van der Waals surface area contributed by atoms with Gasteiger partial charge in [-0.15, -0.1) is 0 Å². The molecule has 3 rings (SSSR count). The van der Waals surface area contributed by atoms with Crippen LogP contribution in [0.25, 0.3) is 0 Å². The molecule has 0 fully saturated rings. The number of aromatic nitrogens is 2. The van der Waals surface area contributed by atoms with Gasteiger partial charge in [-0.2, -0.15) is 9.97 Å². The van der Waals surface area contributed by atoms with Crippen LogP contribution >= 0.6 is 0 Å². The highest BCUT2D eigenvalue weighted by molar-refractivity contribution is 7.92. The highest BCUT2D eigenvalue weighted by Gasteiger charge is 2.18. The molecule has 1 amide bonds. The number of anilines is 2. The molecule has 0 aliphatic rings. The average molecular weight is 487 g/mol. The van der Waals surface area contributed by atoms with Gasteiger partial charge >= 0.3 is 6.01 Å². The SMILES string of the molecule is CCc1ccc(OC(C)C(=O)Nc2ccc(S(=O)(=O)Nc3cc(OC)nc(OC)n3)cc2)cc1. The third-order valence-electron chi connectivity index (χ3n) is 4.76. The summed E-state index contributed by atoms with van der Waals surface area (Å²) in [6, 6.07) is 14.5. The zero-order valence-electron chi connectivity index (χ0n) is 19.2. The van der Waals surface area contributed by atoms with Crippen molar-refractivity contribution in [2.75, 3.05) is 24.3 Å². The smallest absolute Gasteiger partial charge is 0.321 e. The lowest BCUT2D eigenvalue weighted by molar-refractivity contribution is -0.122. The van der Waals surface area contributed by atoms with E-state index in [4.69, 9.17) is 14.2 Å². The van der Waals surface area contributed by atoms with Gasteiger partial charge in [0.15, 0.2) is 11.9 Å². The second-order valence-corrected chi connectivity index (χ2v) is 8.84. The van der Waals surface area contributed by atoms with Crippen LogP contribution in [-0.2, 0) is 21.2 Å². The Morgan fingerprint density at radius 2 is 1.68 bits per heavy atom. The Morgan fingerprint density at radius 3 is 2.26 bits per heavy atom. The lowest BCUT2D eigenvalue weighted by Crippen LogP contribution is -2.30. The third-order valence-corrected chi connectivity index (χ3v) is 6.13. The Bertz CT molecular complexity index is 1210. The van der Waals surface area contributed by atoms with Crippen LogP contribution in [0.2, 0.25) is 0 Å². The molecule has 10 nitrogen and oxygen atoms in total. The first-order chi connectivity index (χ1) is 16.2. The lowest BCUT2D eigenvalue weighted by Gasteiger charge is -2.15. The number of aryl methyl sites for hydroxylation is 1. The van der Waals surface area contributed by atoms with Gasteiger partial charge in [0.05, 0.1) is 19.1 Å². The van der Waals surface area contributed by atoms with Crippen LogP contribution in [0.1, 0.15) is 19.4 Å². The predicted molar refractivity (Wildman–Crippen MR) is 127 cm³/mol. The van der Waals surface area contributed by atoms with E-state index in [2.05, 4.69) is 26.9 Å². The third kappa shape index (κ3) is 6.35. The molecule has 1 aromatic heterocycles. The van der Waals surface area contributed by atoms with Crippen molar-refractivity contribution in [3.05, 3.63) is 60.2 Å². The number of rotatable bonds is 10. The summed E-state index contributed by atoms with van der Waals surface area (Å²) in [4.78, 5) is 20.3. The van der Waals surface area contributed by atoms with Crippen LogP contribution in [0.15, 0.2) is 59.5 Å². The zero-order chi connectivity index (χ0) is 24.7. The van der Waals surface area contributed by atoms with Crippen LogP contribution < -0.4 is 24.2 Å². The number of hydrogen-bond donors (Lipinski definition) is 2. The van der Waals surface area contributed by atoms with Gasteiger partial charge < -0.3 is 19.5 Å². The van der Waals surface area contributed by atoms with Crippen molar-refractivity contribution in [2.45, 2.75) is 31.3 Å². The summed E-state index contributed by atoms with van der Waals surface area (Å²) in [6.07, 6.45) is 0.166. The number of benzene rings is 2. The quantitative estimate of drug-likeness (QED) is 0.447. The fourth-order valence-electron chi connectivity index (χ4n) is 2.87. The Hall–Kier alpha value is -3.86. The van der Waals surface area contributed by atoms with Gasteiger partial charge in [0, 0.05) is 11.8 Å². The molecule has 0 spiro atoms. The van der Waals surface area contributed by atoms with E-state index in [1.54, 1.807) is 6.92 Å². The molecule has 1 atom stereocenters. The van der Waals surface area contributed by atoms with E-state index >= 15 is 0 Å². The molecule has 0 aliphatic heterocycles.